The van der Waals surface area contributed by atoms with Crippen LogP contribution in [0, 0.1) is 11.8 Å². The summed E-state index contributed by atoms with van der Waals surface area (Å²) < 4.78 is 22.3. The molecule has 3 aliphatic carbocycles. The number of rotatable bonds is 0. The summed E-state index contributed by atoms with van der Waals surface area (Å²) in [5.41, 5.74) is 0. The van der Waals surface area contributed by atoms with E-state index in [4.69, 9.17) is 18.9 Å². The lowest BCUT2D eigenvalue weighted by Crippen LogP contribution is -2.57. The van der Waals surface area contributed by atoms with Crippen molar-refractivity contribution in [2.45, 2.75) is 44.1 Å². The third kappa shape index (κ3) is 1.18. The van der Waals surface area contributed by atoms with E-state index in [-0.39, 0.29) is 36.3 Å². The average Bonchev–Trinajstić information content (AvgIpc) is 2.76. The van der Waals surface area contributed by atoms with Gasteiger partial charge in [-0.25, -0.2) is 4.79 Å². The van der Waals surface area contributed by atoms with Gasteiger partial charge in [-0.1, -0.05) is 12.2 Å². The van der Waals surface area contributed by atoms with Crippen LogP contribution in [-0.2, 0) is 18.9 Å². The molecule has 0 spiro atoms. The van der Waals surface area contributed by atoms with Crippen LogP contribution >= 0.6 is 0 Å². The molecular weight excluding hydrogens is 224 g/mol. The predicted octanol–water partition coefficient (Wildman–Crippen LogP) is 1.23. The highest BCUT2D eigenvalue weighted by atomic mass is 16.8. The first-order chi connectivity index (χ1) is 8.05. The summed E-state index contributed by atoms with van der Waals surface area (Å²) in [6, 6.07) is 0. The second-order valence-corrected chi connectivity index (χ2v) is 5.52. The summed E-state index contributed by atoms with van der Waals surface area (Å²) in [6.45, 7) is 3.82. The molecule has 17 heavy (non-hydrogen) atoms. The van der Waals surface area contributed by atoms with E-state index in [0.29, 0.717) is 0 Å². The fourth-order valence-corrected chi connectivity index (χ4v) is 3.46. The standard InChI is InChI=1S/C12H14O5/c1-12(2)16-9-5-3-4-6(10(9)17-12)8-7(5)14-11(13)15-8/h3-10H,1-2H3/t5?,6?,7-,8+,9-,10+. The Kier molecular flexibility index (Phi) is 1.66. The molecular formula is C12H14O5. The van der Waals surface area contributed by atoms with Crippen LogP contribution < -0.4 is 0 Å². The predicted molar refractivity (Wildman–Crippen MR) is 55.1 cm³/mol. The van der Waals surface area contributed by atoms with E-state index in [9.17, 15) is 4.79 Å². The molecule has 0 aromatic heterocycles. The second-order valence-electron chi connectivity index (χ2n) is 5.52. The molecule has 2 heterocycles. The van der Waals surface area contributed by atoms with Crippen LogP contribution in [0.1, 0.15) is 13.8 Å². The molecule has 2 saturated heterocycles. The quantitative estimate of drug-likeness (QED) is 0.469. The topological polar surface area (TPSA) is 54.0 Å². The highest BCUT2D eigenvalue weighted by Crippen LogP contribution is 2.50. The molecule has 0 aromatic rings. The minimum atomic E-state index is -0.571. The van der Waals surface area contributed by atoms with Crippen molar-refractivity contribution in [3.8, 4) is 0 Å². The molecule has 5 aliphatic rings. The second kappa shape index (κ2) is 2.84. The molecule has 5 nitrogen and oxygen atoms in total. The lowest BCUT2D eigenvalue weighted by molar-refractivity contribution is -0.150. The van der Waals surface area contributed by atoms with E-state index in [1.807, 2.05) is 13.8 Å². The van der Waals surface area contributed by atoms with E-state index in [1.54, 1.807) is 0 Å². The third-order valence-corrected chi connectivity index (χ3v) is 4.02. The molecule has 1 saturated carbocycles. The highest BCUT2D eigenvalue weighted by molar-refractivity contribution is 5.63. The van der Waals surface area contributed by atoms with Crippen LogP contribution in [-0.4, -0.2) is 36.4 Å². The normalized spacial score (nSPS) is 52.9. The van der Waals surface area contributed by atoms with Gasteiger partial charge in [0.1, 0.15) is 0 Å². The van der Waals surface area contributed by atoms with Crippen LogP contribution in [0.25, 0.3) is 0 Å². The Morgan fingerprint density at radius 2 is 1.41 bits per heavy atom. The zero-order valence-corrected chi connectivity index (χ0v) is 9.66. The first kappa shape index (κ1) is 9.91. The zero-order chi connectivity index (χ0) is 11.8. The van der Waals surface area contributed by atoms with Crippen LogP contribution in [0.3, 0.4) is 0 Å². The van der Waals surface area contributed by atoms with Gasteiger partial charge in [0.25, 0.3) is 0 Å². The van der Waals surface area contributed by atoms with Crippen molar-refractivity contribution in [3.05, 3.63) is 12.2 Å². The van der Waals surface area contributed by atoms with Gasteiger partial charge in [0.05, 0.1) is 12.2 Å². The van der Waals surface area contributed by atoms with Gasteiger partial charge in [-0.3, -0.25) is 0 Å². The summed E-state index contributed by atoms with van der Waals surface area (Å²) in [5, 5.41) is 0. The Bertz CT molecular complexity index is 381. The third-order valence-electron chi connectivity index (χ3n) is 4.02. The molecule has 0 N–H and O–H groups in total. The summed E-state index contributed by atoms with van der Waals surface area (Å²) in [4.78, 5) is 11.2. The molecule has 2 bridgehead atoms. The van der Waals surface area contributed by atoms with Crippen molar-refractivity contribution >= 4 is 6.16 Å². The first-order valence-electron chi connectivity index (χ1n) is 5.96. The number of hydrogen-bond donors (Lipinski definition) is 0. The number of hydrogen-bond acceptors (Lipinski definition) is 5. The maximum atomic E-state index is 11.2. The number of carbonyl (C=O) groups is 1. The molecule has 5 heteroatoms. The Hall–Kier alpha value is -1.07. The molecule has 6 atom stereocenters. The summed E-state index contributed by atoms with van der Waals surface area (Å²) in [6.07, 6.45) is 3.08. The zero-order valence-electron chi connectivity index (χ0n) is 9.66. The van der Waals surface area contributed by atoms with Gasteiger partial charge >= 0.3 is 6.16 Å². The summed E-state index contributed by atoms with van der Waals surface area (Å²) >= 11 is 0. The largest absolute Gasteiger partial charge is 0.509 e. The van der Waals surface area contributed by atoms with Crippen LogP contribution in [0.4, 0.5) is 4.79 Å². The molecule has 2 aliphatic heterocycles. The van der Waals surface area contributed by atoms with E-state index in [0.717, 1.165) is 0 Å². The monoisotopic (exact) mass is 238 g/mol. The van der Waals surface area contributed by atoms with Gasteiger partial charge in [0.15, 0.2) is 18.0 Å². The SMILES string of the molecule is CC1(C)O[C@@H]2C3C=CC([C@@H]4OC(=O)O[C@H]34)[C@@H]2O1. The fourth-order valence-electron chi connectivity index (χ4n) is 3.46. The Morgan fingerprint density at radius 3 is 1.88 bits per heavy atom. The van der Waals surface area contributed by atoms with Crippen LogP contribution in [0.5, 0.6) is 0 Å². The lowest BCUT2D eigenvalue weighted by atomic mass is 9.68. The number of carbonyl (C=O) groups excluding carboxylic acids is 1. The highest BCUT2D eigenvalue weighted by Gasteiger charge is 2.63. The Labute approximate surface area is 98.7 Å². The summed E-state index contributed by atoms with van der Waals surface area (Å²) in [7, 11) is 0. The molecule has 0 amide bonds. The number of ether oxygens (including phenoxy) is 4. The minimum absolute atomic E-state index is 0.0317. The smallest absolute Gasteiger partial charge is 0.426 e. The molecule has 5 rings (SSSR count). The van der Waals surface area contributed by atoms with Crippen molar-refractivity contribution in [1.82, 2.24) is 0 Å². The van der Waals surface area contributed by atoms with Crippen molar-refractivity contribution in [3.63, 3.8) is 0 Å². The van der Waals surface area contributed by atoms with Gasteiger partial charge in [0, 0.05) is 11.8 Å². The maximum Gasteiger partial charge on any atom is 0.509 e. The maximum absolute atomic E-state index is 11.2. The van der Waals surface area contributed by atoms with E-state index < -0.39 is 11.9 Å². The Morgan fingerprint density at radius 1 is 0.941 bits per heavy atom. The Balaban J connectivity index is 1.73. The van der Waals surface area contributed by atoms with Gasteiger partial charge < -0.3 is 18.9 Å². The van der Waals surface area contributed by atoms with E-state index >= 15 is 0 Å². The molecule has 3 fully saturated rings. The lowest BCUT2D eigenvalue weighted by Gasteiger charge is -2.43. The van der Waals surface area contributed by atoms with E-state index in [2.05, 4.69) is 12.2 Å². The van der Waals surface area contributed by atoms with Crippen molar-refractivity contribution < 1.29 is 23.7 Å². The van der Waals surface area contributed by atoms with Gasteiger partial charge in [-0.05, 0) is 13.8 Å². The van der Waals surface area contributed by atoms with Gasteiger partial charge in [-0.2, -0.15) is 0 Å². The van der Waals surface area contributed by atoms with Crippen molar-refractivity contribution in [2.24, 2.45) is 11.8 Å². The molecule has 0 radical (unpaired) electrons. The fraction of sp³-hybridized carbons (Fsp3) is 0.750. The van der Waals surface area contributed by atoms with E-state index in [1.165, 1.54) is 0 Å². The molecule has 2 unspecified atom stereocenters. The first-order valence-corrected chi connectivity index (χ1v) is 5.96. The van der Waals surface area contributed by atoms with Crippen molar-refractivity contribution in [2.75, 3.05) is 0 Å². The minimum Gasteiger partial charge on any atom is -0.426 e. The van der Waals surface area contributed by atoms with Gasteiger partial charge in [0.2, 0.25) is 0 Å². The van der Waals surface area contributed by atoms with Gasteiger partial charge in [-0.15, -0.1) is 0 Å². The summed E-state index contributed by atoms with van der Waals surface area (Å²) in [5.74, 6) is -0.480. The van der Waals surface area contributed by atoms with Crippen LogP contribution in [0.15, 0.2) is 12.2 Å². The molecule has 92 valence electrons. The van der Waals surface area contributed by atoms with Crippen LogP contribution in [0.2, 0.25) is 0 Å². The molecule has 0 aromatic carbocycles. The van der Waals surface area contributed by atoms with Crippen molar-refractivity contribution in [1.29, 1.82) is 0 Å². The average molecular weight is 238 g/mol.